The number of ether oxygens (including phenoxy) is 1. The normalized spacial score (nSPS) is 13.0. The Kier molecular flexibility index (Phi) is 6.34. The van der Waals surface area contributed by atoms with Crippen molar-refractivity contribution < 1.29 is 23.4 Å². The summed E-state index contributed by atoms with van der Waals surface area (Å²) >= 11 is 0. The van der Waals surface area contributed by atoms with Gasteiger partial charge in [-0.05, 0) is 6.42 Å². The molecule has 4 nitrogen and oxygen atoms in total. The zero-order valence-corrected chi connectivity index (χ0v) is 7.30. The molecule has 0 aliphatic carbocycles. The van der Waals surface area contributed by atoms with Crippen LogP contribution in [0.1, 0.15) is 6.42 Å². The molecule has 0 aromatic rings. The smallest absolute Gasteiger partial charge is 0.315 e. The van der Waals surface area contributed by atoms with Gasteiger partial charge >= 0.3 is 6.43 Å². The van der Waals surface area contributed by atoms with E-state index in [2.05, 4.69) is 4.74 Å². The van der Waals surface area contributed by atoms with Crippen LogP contribution >= 0.6 is 0 Å². The number of carbonyl (C=O) groups is 1. The largest absolute Gasteiger partial charge is 0.396 e. The van der Waals surface area contributed by atoms with Gasteiger partial charge in [0.05, 0.1) is 12.6 Å². The van der Waals surface area contributed by atoms with Gasteiger partial charge in [0.2, 0.25) is 0 Å². The maximum absolute atomic E-state index is 11.8. The van der Waals surface area contributed by atoms with Gasteiger partial charge in [-0.2, -0.15) is 8.78 Å². The highest BCUT2D eigenvalue weighted by atomic mass is 19.3. The van der Waals surface area contributed by atoms with E-state index in [0.29, 0.717) is 0 Å². The number of amides is 1. The zero-order valence-electron chi connectivity index (χ0n) is 7.30. The highest BCUT2D eigenvalue weighted by molar-refractivity contribution is 5.79. The van der Waals surface area contributed by atoms with E-state index < -0.39 is 18.4 Å². The van der Waals surface area contributed by atoms with Crippen LogP contribution in [0.2, 0.25) is 0 Å². The predicted octanol–water partition coefficient (Wildman–Crippen LogP) is -0.235. The van der Waals surface area contributed by atoms with Gasteiger partial charge in [0.1, 0.15) is 0 Å². The molecule has 0 spiro atoms. The summed E-state index contributed by atoms with van der Waals surface area (Å²) in [6, 6.07) is -0.559. The van der Waals surface area contributed by atoms with Gasteiger partial charge in [-0.15, -0.1) is 0 Å². The fourth-order valence-corrected chi connectivity index (χ4v) is 0.818. The molecule has 0 aromatic heterocycles. The number of alkyl halides is 2. The molecule has 0 radical (unpaired) electrons. The standard InChI is InChI=1S/C7H13F2NO3/c1-13-4-5(2-3-11)10-7(12)6(8)9/h5-6,11H,2-4H2,1H3,(H,10,12). The van der Waals surface area contributed by atoms with Crippen molar-refractivity contribution >= 4 is 5.91 Å². The summed E-state index contributed by atoms with van der Waals surface area (Å²) in [6.45, 7) is -0.0729. The monoisotopic (exact) mass is 197 g/mol. The van der Waals surface area contributed by atoms with E-state index in [1.807, 2.05) is 5.32 Å². The third kappa shape index (κ3) is 5.48. The predicted molar refractivity (Wildman–Crippen MR) is 41.5 cm³/mol. The molecule has 0 saturated heterocycles. The lowest BCUT2D eigenvalue weighted by atomic mass is 10.2. The van der Waals surface area contributed by atoms with Gasteiger partial charge in [0, 0.05) is 13.7 Å². The molecule has 0 saturated carbocycles. The molecular formula is C7H13F2NO3. The molecule has 0 fully saturated rings. The average molecular weight is 197 g/mol. The summed E-state index contributed by atoms with van der Waals surface area (Å²) in [5.41, 5.74) is 0. The van der Waals surface area contributed by atoms with E-state index in [9.17, 15) is 13.6 Å². The molecule has 0 bridgehead atoms. The Balaban J connectivity index is 3.86. The quantitative estimate of drug-likeness (QED) is 0.618. The molecule has 1 amide bonds. The molecule has 2 N–H and O–H groups in total. The second-order valence-electron chi connectivity index (χ2n) is 2.47. The van der Waals surface area contributed by atoms with Crippen molar-refractivity contribution in [1.82, 2.24) is 5.32 Å². The van der Waals surface area contributed by atoms with Crippen molar-refractivity contribution in [2.24, 2.45) is 0 Å². The van der Waals surface area contributed by atoms with Gasteiger partial charge in [0.15, 0.2) is 0 Å². The van der Waals surface area contributed by atoms with Crippen LogP contribution in [0, 0.1) is 0 Å². The van der Waals surface area contributed by atoms with Crippen LogP contribution in [-0.4, -0.2) is 43.8 Å². The molecule has 13 heavy (non-hydrogen) atoms. The second kappa shape index (κ2) is 6.73. The van der Waals surface area contributed by atoms with Crippen molar-refractivity contribution in [3.63, 3.8) is 0 Å². The number of rotatable bonds is 6. The number of nitrogens with one attached hydrogen (secondary N) is 1. The first-order valence-electron chi connectivity index (χ1n) is 3.80. The third-order valence-electron chi connectivity index (χ3n) is 1.39. The molecule has 0 rings (SSSR count). The topological polar surface area (TPSA) is 58.6 Å². The molecule has 6 heteroatoms. The van der Waals surface area contributed by atoms with Gasteiger partial charge in [-0.1, -0.05) is 0 Å². The average Bonchev–Trinajstić information content (AvgIpc) is 2.05. The second-order valence-corrected chi connectivity index (χ2v) is 2.47. The summed E-state index contributed by atoms with van der Waals surface area (Å²) in [6.07, 6.45) is -2.83. The minimum Gasteiger partial charge on any atom is -0.396 e. The molecule has 0 aliphatic rings. The number of halogens is 2. The number of carbonyl (C=O) groups excluding carboxylic acids is 1. The number of aliphatic hydroxyl groups excluding tert-OH is 1. The van der Waals surface area contributed by atoms with Crippen LogP contribution in [0.3, 0.4) is 0 Å². The van der Waals surface area contributed by atoms with E-state index in [-0.39, 0.29) is 19.6 Å². The molecule has 0 aromatic carbocycles. The minimum absolute atomic E-state index is 0.110. The van der Waals surface area contributed by atoms with Crippen LogP contribution in [0.5, 0.6) is 0 Å². The van der Waals surface area contributed by atoms with Crippen molar-refractivity contribution in [3.8, 4) is 0 Å². The Morgan fingerprint density at radius 1 is 1.62 bits per heavy atom. The number of methoxy groups -OCH3 is 1. The first kappa shape index (κ1) is 12.2. The highest BCUT2D eigenvalue weighted by Gasteiger charge is 2.19. The lowest BCUT2D eigenvalue weighted by Gasteiger charge is -2.16. The number of aliphatic hydroxyl groups is 1. The van der Waals surface area contributed by atoms with E-state index in [0.717, 1.165) is 0 Å². The SMILES string of the molecule is COCC(CCO)NC(=O)C(F)F. The maximum atomic E-state index is 11.8. The summed E-state index contributed by atoms with van der Waals surface area (Å²) in [5.74, 6) is -1.34. The van der Waals surface area contributed by atoms with E-state index in [1.165, 1.54) is 7.11 Å². The van der Waals surface area contributed by atoms with Crippen molar-refractivity contribution in [2.75, 3.05) is 20.3 Å². The summed E-state index contributed by atoms with van der Waals surface area (Å²) in [7, 11) is 1.39. The summed E-state index contributed by atoms with van der Waals surface area (Å²) < 4.78 is 28.2. The van der Waals surface area contributed by atoms with Crippen LogP contribution in [-0.2, 0) is 9.53 Å². The van der Waals surface area contributed by atoms with Crippen molar-refractivity contribution in [3.05, 3.63) is 0 Å². The Bertz CT molecular complexity index is 149. The van der Waals surface area contributed by atoms with Crippen LogP contribution in [0.15, 0.2) is 0 Å². The lowest BCUT2D eigenvalue weighted by molar-refractivity contribution is -0.133. The molecular weight excluding hydrogens is 184 g/mol. The van der Waals surface area contributed by atoms with Crippen LogP contribution in [0.25, 0.3) is 0 Å². The minimum atomic E-state index is -3.03. The van der Waals surface area contributed by atoms with Gasteiger partial charge in [-0.25, -0.2) is 0 Å². The summed E-state index contributed by atoms with van der Waals surface area (Å²) in [5, 5.41) is 10.6. The first-order valence-corrected chi connectivity index (χ1v) is 3.80. The Hall–Kier alpha value is -0.750. The van der Waals surface area contributed by atoms with Gasteiger partial charge < -0.3 is 15.2 Å². The maximum Gasteiger partial charge on any atom is 0.315 e. The summed E-state index contributed by atoms with van der Waals surface area (Å²) in [4.78, 5) is 10.5. The van der Waals surface area contributed by atoms with Crippen molar-refractivity contribution in [2.45, 2.75) is 18.9 Å². The van der Waals surface area contributed by atoms with Crippen LogP contribution < -0.4 is 5.32 Å². The highest BCUT2D eigenvalue weighted by Crippen LogP contribution is 1.96. The van der Waals surface area contributed by atoms with Crippen molar-refractivity contribution in [1.29, 1.82) is 0 Å². The molecule has 0 aliphatic heterocycles. The van der Waals surface area contributed by atoms with Crippen LogP contribution in [0.4, 0.5) is 8.78 Å². The number of hydrogen-bond donors (Lipinski definition) is 2. The zero-order chi connectivity index (χ0) is 10.3. The third-order valence-corrected chi connectivity index (χ3v) is 1.39. The molecule has 1 atom stereocenters. The Labute approximate surface area is 74.9 Å². The Morgan fingerprint density at radius 3 is 2.62 bits per heavy atom. The molecule has 1 unspecified atom stereocenters. The number of hydrogen-bond acceptors (Lipinski definition) is 3. The van der Waals surface area contributed by atoms with Gasteiger partial charge in [-0.3, -0.25) is 4.79 Å². The fourth-order valence-electron chi connectivity index (χ4n) is 0.818. The van der Waals surface area contributed by atoms with E-state index >= 15 is 0 Å². The lowest BCUT2D eigenvalue weighted by Crippen LogP contribution is -2.41. The Morgan fingerprint density at radius 2 is 2.23 bits per heavy atom. The van der Waals surface area contributed by atoms with Gasteiger partial charge in [0.25, 0.3) is 5.91 Å². The first-order chi connectivity index (χ1) is 6.11. The fraction of sp³-hybridized carbons (Fsp3) is 0.857. The molecule has 0 heterocycles. The molecule has 78 valence electrons. The van der Waals surface area contributed by atoms with E-state index in [4.69, 9.17) is 5.11 Å². The van der Waals surface area contributed by atoms with E-state index in [1.54, 1.807) is 0 Å².